The maximum absolute atomic E-state index is 14.4. The average molecular weight is 505 g/mol. The topological polar surface area (TPSA) is 107 Å². The predicted molar refractivity (Wildman–Crippen MR) is 131 cm³/mol. The van der Waals surface area contributed by atoms with Gasteiger partial charge >= 0.3 is 5.97 Å². The number of nitrogens with zero attached hydrogens (tertiary/aromatic N) is 2. The monoisotopic (exact) mass is 504 g/mol. The van der Waals surface area contributed by atoms with Crippen molar-refractivity contribution in [1.29, 1.82) is 0 Å². The number of carbonyl (C=O) groups is 3. The zero-order valence-electron chi connectivity index (χ0n) is 20.3. The number of aryl methyl sites for hydroxylation is 1. The largest absolute Gasteiger partial charge is 0.481 e. The summed E-state index contributed by atoms with van der Waals surface area (Å²) in [5.41, 5.74) is 0.0255. The van der Waals surface area contributed by atoms with Crippen LogP contribution in [0.2, 0.25) is 5.02 Å². The third-order valence-electron chi connectivity index (χ3n) is 7.64. The average Bonchev–Trinajstić information content (AvgIpc) is 3.43. The van der Waals surface area contributed by atoms with Crippen molar-refractivity contribution >= 4 is 35.1 Å². The number of aliphatic carboxylic acids is 1. The van der Waals surface area contributed by atoms with Crippen molar-refractivity contribution in [3.8, 4) is 0 Å². The van der Waals surface area contributed by atoms with Gasteiger partial charge in [0.2, 0.25) is 5.91 Å². The third-order valence-corrected chi connectivity index (χ3v) is 7.95. The van der Waals surface area contributed by atoms with Crippen molar-refractivity contribution in [2.45, 2.75) is 63.8 Å². The highest BCUT2D eigenvalue weighted by Gasteiger charge is 2.75. The van der Waals surface area contributed by atoms with Crippen LogP contribution in [0.4, 0.5) is 5.69 Å². The van der Waals surface area contributed by atoms with Crippen molar-refractivity contribution in [2.75, 3.05) is 18.1 Å². The number of likely N-dealkylation sites (tertiary alicyclic amines) is 1. The Labute approximate surface area is 210 Å². The predicted octanol–water partition coefficient (Wildman–Crippen LogP) is 3.03. The van der Waals surface area contributed by atoms with E-state index in [0.717, 1.165) is 5.56 Å². The quantitative estimate of drug-likeness (QED) is 0.500. The fourth-order valence-corrected chi connectivity index (χ4v) is 6.72. The third kappa shape index (κ3) is 3.96. The second kappa shape index (κ2) is 9.56. The smallest absolute Gasteiger partial charge is 0.310 e. The summed E-state index contributed by atoms with van der Waals surface area (Å²) in [6.07, 6.45) is 2.28. The molecule has 0 unspecified atom stereocenters. The molecule has 9 heteroatoms. The van der Waals surface area contributed by atoms with Gasteiger partial charge in [-0.25, -0.2) is 0 Å². The first-order valence-corrected chi connectivity index (χ1v) is 12.5. The maximum atomic E-state index is 14.4. The molecule has 4 rings (SSSR count). The summed E-state index contributed by atoms with van der Waals surface area (Å²) in [6, 6.07) is 3.60. The molecule has 0 aliphatic carbocycles. The lowest BCUT2D eigenvalue weighted by molar-refractivity contribution is -0.151. The summed E-state index contributed by atoms with van der Waals surface area (Å²) in [5.74, 6) is -3.82. The van der Waals surface area contributed by atoms with Crippen LogP contribution in [-0.2, 0) is 19.1 Å². The van der Waals surface area contributed by atoms with Crippen LogP contribution >= 0.6 is 11.6 Å². The summed E-state index contributed by atoms with van der Waals surface area (Å²) < 4.78 is 6.29. The number of hydrogen-bond donors (Lipinski definition) is 2. The standard InChI is InChI=1S/C26H33ClN2O6/c1-5-11-28(21-15(4)7-6-8-17(21)27)24(32)22-26-10-9-18(35-26)19(25(33)34)20(26)23(31)29(22)16(13-30)12-14(2)3/h5-8,14,16,18-20,22,30H,1,9-13H2,2-4H3,(H,33,34)/t16-,18-,19+,20+,22-,26+/m1/s1. The number of rotatable bonds is 9. The molecule has 2 bridgehead atoms. The molecule has 3 aliphatic heterocycles. The number of carbonyl (C=O) groups excluding carboxylic acids is 2. The molecule has 1 spiro atoms. The minimum atomic E-state index is -1.26. The van der Waals surface area contributed by atoms with Crippen LogP contribution < -0.4 is 4.90 Å². The molecule has 3 fully saturated rings. The highest BCUT2D eigenvalue weighted by Crippen LogP contribution is 2.59. The number of fused-ring (bicyclic) bond motifs is 1. The highest BCUT2D eigenvalue weighted by atomic mass is 35.5. The Morgan fingerprint density at radius 3 is 2.69 bits per heavy atom. The lowest BCUT2D eigenvalue weighted by Gasteiger charge is -2.40. The maximum Gasteiger partial charge on any atom is 0.310 e. The number of aliphatic hydroxyl groups excluding tert-OH is 1. The highest BCUT2D eigenvalue weighted by molar-refractivity contribution is 6.34. The van der Waals surface area contributed by atoms with Crippen LogP contribution in [-0.4, -0.2) is 69.8 Å². The van der Waals surface area contributed by atoms with E-state index in [9.17, 15) is 24.6 Å². The van der Waals surface area contributed by atoms with Crippen LogP contribution in [0.1, 0.15) is 38.7 Å². The summed E-state index contributed by atoms with van der Waals surface area (Å²) in [5, 5.41) is 20.6. The Hall–Kier alpha value is -2.42. The van der Waals surface area contributed by atoms with Gasteiger partial charge in [0, 0.05) is 6.54 Å². The minimum Gasteiger partial charge on any atom is -0.481 e. The van der Waals surface area contributed by atoms with Crippen molar-refractivity contribution in [1.82, 2.24) is 4.90 Å². The van der Waals surface area contributed by atoms with Crippen molar-refractivity contribution < 1.29 is 29.3 Å². The molecule has 3 aliphatic rings. The molecule has 0 aromatic heterocycles. The van der Waals surface area contributed by atoms with E-state index in [4.69, 9.17) is 16.3 Å². The number of hydrogen-bond acceptors (Lipinski definition) is 5. The number of carboxylic acid groups (broad SMARTS) is 1. The lowest BCUT2D eigenvalue weighted by Crippen LogP contribution is -2.59. The Morgan fingerprint density at radius 1 is 1.40 bits per heavy atom. The van der Waals surface area contributed by atoms with E-state index in [-0.39, 0.29) is 19.1 Å². The molecule has 3 heterocycles. The van der Waals surface area contributed by atoms with Crippen LogP contribution in [0.3, 0.4) is 0 Å². The minimum absolute atomic E-state index is 0.135. The normalized spacial score (nSPS) is 30.0. The second-order valence-corrected chi connectivity index (χ2v) is 10.7. The molecule has 190 valence electrons. The van der Waals surface area contributed by atoms with Gasteiger partial charge in [-0.15, -0.1) is 6.58 Å². The summed E-state index contributed by atoms with van der Waals surface area (Å²) in [6.45, 7) is 9.38. The molecule has 0 saturated carbocycles. The van der Waals surface area contributed by atoms with E-state index in [1.165, 1.54) is 9.80 Å². The molecule has 1 aromatic carbocycles. The van der Waals surface area contributed by atoms with E-state index in [2.05, 4.69) is 6.58 Å². The molecule has 2 amide bonds. The van der Waals surface area contributed by atoms with Gasteiger partial charge < -0.3 is 24.7 Å². The molecule has 3 saturated heterocycles. The van der Waals surface area contributed by atoms with Gasteiger partial charge in [0.05, 0.1) is 41.3 Å². The zero-order chi connectivity index (χ0) is 25.7. The zero-order valence-corrected chi connectivity index (χ0v) is 21.1. The van der Waals surface area contributed by atoms with Gasteiger partial charge in [-0.3, -0.25) is 14.4 Å². The number of carboxylic acids is 1. The fourth-order valence-electron chi connectivity index (χ4n) is 6.40. The lowest BCUT2D eigenvalue weighted by atomic mass is 9.70. The van der Waals surface area contributed by atoms with Gasteiger partial charge in [-0.1, -0.05) is 43.7 Å². The Bertz CT molecular complexity index is 1020. The molecule has 8 nitrogen and oxygen atoms in total. The van der Waals surface area contributed by atoms with Crippen LogP contribution in [0.5, 0.6) is 0 Å². The van der Waals surface area contributed by atoms with E-state index in [1.807, 2.05) is 26.8 Å². The molecular formula is C26H33ClN2O6. The molecule has 0 radical (unpaired) electrons. The fraction of sp³-hybridized carbons (Fsp3) is 0.577. The van der Waals surface area contributed by atoms with E-state index >= 15 is 0 Å². The Morgan fingerprint density at radius 2 is 2.11 bits per heavy atom. The van der Waals surface area contributed by atoms with E-state index < -0.39 is 53.4 Å². The number of benzene rings is 1. The Kier molecular flexibility index (Phi) is 7.01. The number of amides is 2. The number of anilines is 1. The molecule has 35 heavy (non-hydrogen) atoms. The first-order chi connectivity index (χ1) is 16.6. The summed E-state index contributed by atoms with van der Waals surface area (Å²) in [4.78, 5) is 43.4. The van der Waals surface area contributed by atoms with Gasteiger partial charge in [0.15, 0.2) is 0 Å². The SMILES string of the molecule is C=CCN(C(=O)[C@H]1N([C@@H](CO)CC(C)C)C(=O)[C@@H]2[C@@H](C(=O)O)[C@H]3CC[C@]21O3)c1c(C)cccc1Cl. The molecule has 6 atom stereocenters. The molecule has 1 aromatic rings. The summed E-state index contributed by atoms with van der Waals surface area (Å²) in [7, 11) is 0. The first kappa shape index (κ1) is 25.7. The Balaban J connectivity index is 1.87. The van der Waals surface area contributed by atoms with Crippen LogP contribution in [0, 0.1) is 24.7 Å². The number of halogens is 1. The van der Waals surface area contributed by atoms with E-state index in [1.54, 1.807) is 18.2 Å². The van der Waals surface area contributed by atoms with Crippen LogP contribution in [0.25, 0.3) is 0 Å². The van der Waals surface area contributed by atoms with Crippen molar-refractivity contribution in [3.63, 3.8) is 0 Å². The number of aliphatic hydroxyl groups is 1. The number of para-hydroxylation sites is 1. The molecular weight excluding hydrogens is 472 g/mol. The van der Waals surface area contributed by atoms with E-state index in [0.29, 0.717) is 30.0 Å². The van der Waals surface area contributed by atoms with Gasteiger partial charge in [0.1, 0.15) is 11.6 Å². The van der Waals surface area contributed by atoms with Gasteiger partial charge in [-0.05, 0) is 43.7 Å². The van der Waals surface area contributed by atoms with Crippen LogP contribution in [0.15, 0.2) is 30.9 Å². The van der Waals surface area contributed by atoms with Gasteiger partial charge in [-0.2, -0.15) is 0 Å². The molecule has 2 N–H and O–H groups in total. The summed E-state index contributed by atoms with van der Waals surface area (Å²) >= 11 is 6.53. The van der Waals surface area contributed by atoms with Crippen molar-refractivity contribution in [3.05, 3.63) is 41.4 Å². The number of ether oxygens (including phenoxy) is 1. The van der Waals surface area contributed by atoms with Gasteiger partial charge in [0.25, 0.3) is 5.91 Å². The first-order valence-electron chi connectivity index (χ1n) is 12.1. The second-order valence-electron chi connectivity index (χ2n) is 10.2. The van der Waals surface area contributed by atoms with Crippen molar-refractivity contribution in [2.24, 2.45) is 17.8 Å².